The van der Waals surface area contributed by atoms with Crippen molar-refractivity contribution in [1.29, 1.82) is 0 Å². The third kappa shape index (κ3) is 4.86. The molecule has 0 radical (unpaired) electrons. The van der Waals surface area contributed by atoms with Crippen molar-refractivity contribution in [3.63, 3.8) is 0 Å². The summed E-state index contributed by atoms with van der Waals surface area (Å²) in [6.45, 7) is 21.4. The van der Waals surface area contributed by atoms with Crippen molar-refractivity contribution < 1.29 is 8.83 Å². The van der Waals surface area contributed by atoms with E-state index in [1.807, 2.05) is 0 Å². The molecule has 9 aromatic carbocycles. The van der Waals surface area contributed by atoms with Crippen LogP contribution in [0.15, 0.2) is 167 Å². The highest BCUT2D eigenvalue weighted by molar-refractivity contribution is 6.13. The molecule has 0 saturated carbocycles. The topological polar surface area (TPSA) is 29.5 Å². The molecule has 0 amide bonds. The van der Waals surface area contributed by atoms with Crippen molar-refractivity contribution in [1.82, 2.24) is 0 Å². The maximum atomic E-state index is 6.73. The van der Waals surface area contributed by atoms with Gasteiger partial charge in [0.05, 0.1) is 0 Å². The Morgan fingerprint density at radius 1 is 0.329 bits per heavy atom. The average Bonchev–Trinajstić information content (AvgIpc) is 4.14. The maximum Gasteiger partial charge on any atom is 0.143 e. The molecule has 3 heteroatoms. The molecule has 2 aromatic heterocycles. The predicted molar refractivity (Wildman–Crippen MR) is 291 cm³/mol. The minimum atomic E-state index is -0.246. The minimum absolute atomic E-state index is 0.176. The fraction of sp³-hybridized carbons (Fsp3) is 0.194. The number of rotatable bonds is 3. The maximum absolute atomic E-state index is 6.73. The van der Waals surface area contributed by atoms with Crippen molar-refractivity contribution in [3.05, 3.63) is 208 Å². The summed E-state index contributed by atoms with van der Waals surface area (Å²) in [6, 6.07) is 59.5. The van der Waals surface area contributed by atoms with E-state index in [0.717, 1.165) is 33.7 Å². The molecule has 4 aliphatic carbocycles. The van der Waals surface area contributed by atoms with Crippen molar-refractivity contribution in [2.24, 2.45) is 0 Å². The number of aryl methyl sites for hydroxylation is 1. The molecule has 0 unspecified atom stereocenters. The third-order valence-corrected chi connectivity index (χ3v) is 17.8. The highest BCUT2D eigenvalue weighted by atomic mass is 16.3. The lowest BCUT2D eigenvalue weighted by molar-refractivity contribution is 0.649. The Bertz CT molecular complexity index is 3950. The standard InChI is InChI=1S/C67H53NO2/c1-36-16-10-13-19-57(36)68(37-22-24-39-45-32-55-47(34-53(45)66(6,7)51(39)30-37)60-49(64(55,2)3)28-26-43-41-17-11-14-20-58(41)69-62(43)60)38-23-25-40-46-33-56-48(35-54(46)67(8,9)52(40)31-38)61-50(65(56,4)5)29-27-44-42-18-12-15-21-59(42)70-63(44)61/h10-35H,1-9H3. The Kier molecular flexibility index (Phi) is 7.46. The Morgan fingerprint density at radius 2 is 0.714 bits per heavy atom. The van der Waals surface area contributed by atoms with E-state index in [-0.39, 0.29) is 21.7 Å². The summed E-state index contributed by atoms with van der Waals surface area (Å²) < 4.78 is 13.5. The molecular weight excluding hydrogens is 851 g/mol. The second-order valence-electron chi connectivity index (χ2n) is 22.9. The van der Waals surface area contributed by atoms with Crippen LogP contribution in [0.25, 0.3) is 88.4 Å². The van der Waals surface area contributed by atoms with Gasteiger partial charge in [0, 0.05) is 71.4 Å². The average molecular weight is 904 g/mol. The largest absolute Gasteiger partial charge is 0.455 e. The first-order valence-corrected chi connectivity index (χ1v) is 25.1. The van der Waals surface area contributed by atoms with Gasteiger partial charge in [0.1, 0.15) is 22.3 Å². The summed E-state index contributed by atoms with van der Waals surface area (Å²) in [4.78, 5) is 2.50. The van der Waals surface area contributed by atoms with Crippen LogP contribution >= 0.6 is 0 Å². The van der Waals surface area contributed by atoms with Gasteiger partial charge >= 0.3 is 0 Å². The van der Waals surface area contributed by atoms with Crippen LogP contribution in [-0.4, -0.2) is 0 Å². The molecule has 338 valence electrons. The van der Waals surface area contributed by atoms with Gasteiger partial charge in [-0.2, -0.15) is 0 Å². The van der Waals surface area contributed by atoms with Gasteiger partial charge in [-0.25, -0.2) is 0 Å². The number of fused-ring (bicyclic) bond motifs is 20. The van der Waals surface area contributed by atoms with Crippen LogP contribution in [0, 0.1) is 6.92 Å². The summed E-state index contributed by atoms with van der Waals surface area (Å²) >= 11 is 0. The Balaban J connectivity index is 0.861. The molecule has 3 nitrogen and oxygen atoms in total. The molecule has 0 saturated heterocycles. The van der Waals surface area contributed by atoms with Crippen molar-refractivity contribution in [2.45, 2.75) is 84.0 Å². The third-order valence-electron chi connectivity index (χ3n) is 17.8. The summed E-state index contributed by atoms with van der Waals surface area (Å²) in [5, 5.41) is 4.71. The first-order valence-electron chi connectivity index (χ1n) is 25.1. The Labute approximate surface area is 409 Å². The number of hydrogen-bond acceptors (Lipinski definition) is 3. The lowest BCUT2D eigenvalue weighted by atomic mass is 9.79. The first kappa shape index (κ1) is 40.3. The number of para-hydroxylation sites is 3. The second kappa shape index (κ2) is 13.0. The van der Waals surface area contributed by atoms with E-state index in [2.05, 4.69) is 225 Å². The normalized spacial score (nSPS) is 16.5. The van der Waals surface area contributed by atoms with Gasteiger partial charge in [-0.1, -0.05) is 146 Å². The molecule has 2 heterocycles. The van der Waals surface area contributed by atoms with Crippen LogP contribution in [0.3, 0.4) is 0 Å². The number of benzene rings is 9. The van der Waals surface area contributed by atoms with E-state index in [1.54, 1.807) is 0 Å². The number of nitrogens with zero attached hydrogens (tertiary/aromatic N) is 1. The van der Waals surface area contributed by atoms with E-state index in [9.17, 15) is 0 Å². The van der Waals surface area contributed by atoms with Crippen LogP contribution in [-0.2, 0) is 21.7 Å². The highest BCUT2D eigenvalue weighted by Gasteiger charge is 2.45. The van der Waals surface area contributed by atoms with Gasteiger partial charge in [-0.15, -0.1) is 0 Å². The van der Waals surface area contributed by atoms with Crippen molar-refractivity contribution in [2.75, 3.05) is 4.90 Å². The van der Waals surface area contributed by atoms with Crippen molar-refractivity contribution >= 4 is 60.9 Å². The minimum Gasteiger partial charge on any atom is -0.455 e. The highest BCUT2D eigenvalue weighted by Crippen LogP contribution is 2.61. The van der Waals surface area contributed by atoms with E-state index >= 15 is 0 Å². The Morgan fingerprint density at radius 3 is 1.19 bits per heavy atom. The quantitative estimate of drug-likeness (QED) is 0.177. The Hall–Kier alpha value is -7.62. The van der Waals surface area contributed by atoms with Crippen LogP contribution in [0.1, 0.15) is 105 Å². The first-order chi connectivity index (χ1) is 33.6. The molecule has 0 bridgehead atoms. The van der Waals surface area contributed by atoms with Gasteiger partial charge in [-0.05, 0) is 157 Å². The summed E-state index contributed by atoms with van der Waals surface area (Å²) in [5.41, 5.74) is 29.0. The van der Waals surface area contributed by atoms with Gasteiger partial charge in [0.15, 0.2) is 0 Å². The molecule has 0 N–H and O–H groups in total. The molecule has 0 aliphatic heterocycles. The number of furan rings is 2. The van der Waals surface area contributed by atoms with E-state index in [4.69, 9.17) is 8.83 Å². The smallest absolute Gasteiger partial charge is 0.143 e. The monoisotopic (exact) mass is 903 g/mol. The van der Waals surface area contributed by atoms with Gasteiger partial charge in [0.2, 0.25) is 0 Å². The number of hydrogen-bond donors (Lipinski definition) is 0. The van der Waals surface area contributed by atoms with Crippen LogP contribution < -0.4 is 4.90 Å². The number of anilines is 3. The second-order valence-corrected chi connectivity index (χ2v) is 22.9. The van der Waals surface area contributed by atoms with Crippen LogP contribution in [0.2, 0.25) is 0 Å². The molecule has 11 aromatic rings. The summed E-state index contributed by atoms with van der Waals surface area (Å²) in [6.07, 6.45) is 0. The lowest BCUT2D eigenvalue weighted by Gasteiger charge is -2.30. The molecule has 0 atom stereocenters. The lowest BCUT2D eigenvalue weighted by Crippen LogP contribution is -2.18. The van der Waals surface area contributed by atoms with Gasteiger partial charge < -0.3 is 13.7 Å². The van der Waals surface area contributed by atoms with E-state index in [0.29, 0.717) is 0 Å². The van der Waals surface area contributed by atoms with Gasteiger partial charge in [-0.3, -0.25) is 0 Å². The zero-order valence-electron chi connectivity index (χ0n) is 41.3. The zero-order valence-corrected chi connectivity index (χ0v) is 41.3. The fourth-order valence-electron chi connectivity index (χ4n) is 13.9. The molecule has 4 aliphatic rings. The fourth-order valence-corrected chi connectivity index (χ4v) is 13.9. The van der Waals surface area contributed by atoms with E-state index < -0.39 is 0 Å². The molecule has 0 fully saturated rings. The van der Waals surface area contributed by atoms with Gasteiger partial charge in [0.25, 0.3) is 0 Å². The van der Waals surface area contributed by atoms with Crippen molar-refractivity contribution in [3.8, 4) is 44.5 Å². The van der Waals surface area contributed by atoms with E-state index in [1.165, 1.54) is 122 Å². The molecule has 0 spiro atoms. The van der Waals surface area contributed by atoms with Crippen LogP contribution in [0.4, 0.5) is 17.1 Å². The SMILES string of the molecule is Cc1ccccc1N(c1ccc2c(c1)C(C)(C)c1cc3c(cc1-2)C(C)(C)c1ccc2c(oc4ccccc42)c1-3)c1ccc2c(c1)C(C)(C)c1cc3c(cc1-2)C(C)(C)c1ccc2c(oc4ccccc42)c1-3. The molecule has 15 rings (SSSR count). The summed E-state index contributed by atoms with van der Waals surface area (Å²) in [7, 11) is 0. The predicted octanol–water partition coefficient (Wildman–Crippen LogP) is 18.5. The summed E-state index contributed by atoms with van der Waals surface area (Å²) in [5.74, 6) is 0. The van der Waals surface area contributed by atoms with Crippen LogP contribution in [0.5, 0.6) is 0 Å². The zero-order chi connectivity index (χ0) is 47.5. The molecular formula is C67H53NO2. The molecule has 70 heavy (non-hydrogen) atoms.